The zero-order valence-corrected chi connectivity index (χ0v) is 14.2. The number of H-pyrrole nitrogens is 1. The summed E-state index contributed by atoms with van der Waals surface area (Å²) in [7, 11) is 1.55. The number of hydrogen-bond acceptors (Lipinski definition) is 4. The molecule has 0 aliphatic carbocycles. The van der Waals surface area contributed by atoms with Crippen molar-refractivity contribution in [1.82, 2.24) is 20.1 Å². The van der Waals surface area contributed by atoms with Crippen molar-refractivity contribution in [2.75, 3.05) is 7.05 Å². The third kappa shape index (κ3) is 2.54. The van der Waals surface area contributed by atoms with Gasteiger partial charge in [-0.25, -0.2) is 9.36 Å². The van der Waals surface area contributed by atoms with Gasteiger partial charge in [0.05, 0.1) is 16.7 Å². The number of aldehydes is 1. The molecule has 2 aromatic heterocycles. The lowest BCUT2D eigenvalue weighted by Crippen LogP contribution is -2.17. The van der Waals surface area contributed by atoms with E-state index in [2.05, 4.69) is 15.5 Å². The van der Waals surface area contributed by atoms with Gasteiger partial charge in [0.2, 0.25) is 0 Å². The number of nitrogens with zero attached hydrogens (tertiary/aromatic N) is 2. The maximum Gasteiger partial charge on any atom is 0.416 e. The second-order valence-corrected chi connectivity index (χ2v) is 6.00. The highest BCUT2D eigenvalue weighted by Crippen LogP contribution is 2.32. The van der Waals surface area contributed by atoms with E-state index in [1.165, 1.54) is 0 Å². The molecule has 27 heavy (non-hydrogen) atoms. The monoisotopic (exact) mass is 362 g/mol. The molecule has 0 radical (unpaired) electrons. The molecule has 0 unspecified atom stereocenters. The molecule has 134 valence electrons. The molecule has 0 aliphatic heterocycles. The van der Waals surface area contributed by atoms with E-state index in [1.807, 2.05) is 0 Å². The molecular formula is C19H14N4O4. The highest BCUT2D eigenvalue weighted by molar-refractivity contribution is 6.04. The zero-order valence-electron chi connectivity index (χ0n) is 14.2. The summed E-state index contributed by atoms with van der Waals surface area (Å²) in [6.07, 6.45) is -0.446. The van der Waals surface area contributed by atoms with Crippen LogP contribution in [0.4, 0.5) is 4.79 Å². The fraction of sp³-hybridized carbons (Fsp3) is 0.0526. The molecule has 0 bridgehead atoms. The summed E-state index contributed by atoms with van der Waals surface area (Å²) in [6, 6.07) is 11.5. The van der Waals surface area contributed by atoms with Crippen LogP contribution in [-0.2, 0) is 0 Å². The first kappa shape index (κ1) is 16.5. The van der Waals surface area contributed by atoms with Crippen LogP contribution in [-0.4, -0.2) is 45.2 Å². The van der Waals surface area contributed by atoms with E-state index in [0.29, 0.717) is 50.6 Å². The van der Waals surface area contributed by atoms with Gasteiger partial charge in [-0.15, -0.1) is 0 Å². The Labute approximate surface area is 152 Å². The number of carbonyl (C=O) groups excluding carboxylic acids is 2. The first-order valence-electron chi connectivity index (χ1n) is 8.08. The van der Waals surface area contributed by atoms with Gasteiger partial charge in [0.25, 0.3) is 5.91 Å². The molecular weight excluding hydrogens is 348 g/mol. The van der Waals surface area contributed by atoms with Gasteiger partial charge in [-0.1, -0.05) is 0 Å². The molecule has 0 aliphatic rings. The van der Waals surface area contributed by atoms with Crippen molar-refractivity contribution >= 4 is 40.1 Å². The second kappa shape index (κ2) is 6.10. The quantitative estimate of drug-likeness (QED) is 0.485. The molecule has 4 aromatic rings. The number of carboxylic acid groups (broad SMARTS) is 1. The summed E-state index contributed by atoms with van der Waals surface area (Å²) >= 11 is 0. The number of aromatic amines is 1. The number of aromatic nitrogens is 3. The van der Waals surface area contributed by atoms with E-state index in [0.717, 1.165) is 4.57 Å². The molecule has 0 atom stereocenters. The van der Waals surface area contributed by atoms with Gasteiger partial charge in [0.15, 0.2) is 0 Å². The van der Waals surface area contributed by atoms with Crippen molar-refractivity contribution in [3.8, 4) is 11.4 Å². The predicted octanol–water partition coefficient (Wildman–Crippen LogP) is 2.88. The fourth-order valence-corrected chi connectivity index (χ4v) is 3.19. The Kier molecular flexibility index (Phi) is 3.73. The molecule has 2 heterocycles. The largest absolute Gasteiger partial charge is 0.464 e. The van der Waals surface area contributed by atoms with E-state index in [-0.39, 0.29) is 5.91 Å². The molecule has 3 N–H and O–H groups in total. The minimum atomic E-state index is -1.16. The number of carbonyl (C=O) groups is 3. The molecule has 0 saturated heterocycles. The number of rotatable bonds is 3. The third-order valence-corrected chi connectivity index (χ3v) is 4.45. The molecule has 2 aromatic carbocycles. The van der Waals surface area contributed by atoms with Gasteiger partial charge >= 0.3 is 6.09 Å². The predicted molar refractivity (Wildman–Crippen MR) is 99.2 cm³/mol. The van der Waals surface area contributed by atoms with Crippen LogP contribution in [0.1, 0.15) is 20.7 Å². The SMILES string of the molecule is CNC(=O)c1ccc2c(-c3cc4cc(C=O)ccc4n3C(=O)O)n[nH]c2c1. The van der Waals surface area contributed by atoms with E-state index in [9.17, 15) is 19.5 Å². The van der Waals surface area contributed by atoms with Crippen molar-refractivity contribution in [1.29, 1.82) is 0 Å². The normalized spacial score (nSPS) is 11.0. The lowest BCUT2D eigenvalue weighted by molar-refractivity contribution is 0.0962. The Morgan fingerprint density at radius 2 is 2.00 bits per heavy atom. The second-order valence-electron chi connectivity index (χ2n) is 6.00. The summed E-state index contributed by atoms with van der Waals surface area (Å²) in [5, 5.41) is 20.7. The van der Waals surface area contributed by atoms with Crippen LogP contribution in [0, 0.1) is 0 Å². The molecule has 8 heteroatoms. The number of fused-ring (bicyclic) bond motifs is 2. The number of hydrogen-bond donors (Lipinski definition) is 3. The fourth-order valence-electron chi connectivity index (χ4n) is 3.19. The molecule has 1 amide bonds. The minimum absolute atomic E-state index is 0.228. The third-order valence-electron chi connectivity index (χ3n) is 4.45. The molecule has 4 rings (SSSR count). The minimum Gasteiger partial charge on any atom is -0.464 e. The van der Waals surface area contributed by atoms with Crippen LogP contribution < -0.4 is 5.32 Å². The molecule has 8 nitrogen and oxygen atoms in total. The van der Waals surface area contributed by atoms with E-state index in [4.69, 9.17) is 0 Å². The van der Waals surface area contributed by atoms with Crippen molar-refractivity contribution in [3.63, 3.8) is 0 Å². The summed E-state index contributed by atoms with van der Waals surface area (Å²) in [4.78, 5) is 34.7. The van der Waals surface area contributed by atoms with Gasteiger partial charge in [0, 0.05) is 28.9 Å². The maximum absolute atomic E-state index is 11.9. The van der Waals surface area contributed by atoms with Crippen molar-refractivity contribution in [2.24, 2.45) is 0 Å². The van der Waals surface area contributed by atoms with E-state index < -0.39 is 6.09 Å². The van der Waals surface area contributed by atoms with Gasteiger partial charge in [0.1, 0.15) is 12.0 Å². The first-order chi connectivity index (χ1) is 13.0. The smallest absolute Gasteiger partial charge is 0.416 e. The van der Waals surface area contributed by atoms with Gasteiger partial charge in [-0.2, -0.15) is 5.10 Å². The first-order valence-corrected chi connectivity index (χ1v) is 8.08. The number of nitrogens with one attached hydrogen (secondary N) is 2. The highest BCUT2D eigenvalue weighted by atomic mass is 16.4. The highest BCUT2D eigenvalue weighted by Gasteiger charge is 2.20. The standard InChI is InChI=1S/C19H14N4O4/c1-20-18(25)11-3-4-13-14(7-11)21-22-17(13)16-8-12-6-10(9-24)2-5-15(12)23(16)19(26)27/h2-9H,1H3,(H,20,25)(H,21,22)(H,26,27). The Bertz CT molecular complexity index is 1240. The van der Waals surface area contributed by atoms with E-state index >= 15 is 0 Å². The topological polar surface area (TPSA) is 117 Å². The average molecular weight is 362 g/mol. The van der Waals surface area contributed by atoms with E-state index in [1.54, 1.807) is 49.5 Å². The van der Waals surface area contributed by atoms with Crippen LogP contribution in [0.25, 0.3) is 33.2 Å². The van der Waals surface area contributed by atoms with Crippen molar-refractivity contribution in [3.05, 3.63) is 53.6 Å². The van der Waals surface area contributed by atoms with Gasteiger partial charge in [-0.05, 0) is 42.5 Å². The molecule has 0 fully saturated rings. The molecule has 0 saturated carbocycles. The summed E-state index contributed by atoms with van der Waals surface area (Å²) in [5.41, 5.74) is 2.82. The molecule has 0 spiro atoms. The Hall–Kier alpha value is -3.94. The Balaban J connectivity index is 1.96. The maximum atomic E-state index is 11.9. The van der Waals surface area contributed by atoms with Crippen LogP contribution in [0.3, 0.4) is 0 Å². The van der Waals surface area contributed by atoms with Crippen LogP contribution in [0.2, 0.25) is 0 Å². The number of benzene rings is 2. The van der Waals surface area contributed by atoms with Crippen LogP contribution >= 0.6 is 0 Å². The van der Waals surface area contributed by atoms with Gasteiger partial charge < -0.3 is 10.4 Å². The average Bonchev–Trinajstić information content (AvgIpc) is 3.26. The Morgan fingerprint density at radius 3 is 2.70 bits per heavy atom. The van der Waals surface area contributed by atoms with Crippen LogP contribution in [0.15, 0.2) is 42.5 Å². The lowest BCUT2D eigenvalue weighted by Gasteiger charge is -2.04. The van der Waals surface area contributed by atoms with Crippen molar-refractivity contribution in [2.45, 2.75) is 0 Å². The summed E-state index contributed by atoms with van der Waals surface area (Å²) in [6.45, 7) is 0. The van der Waals surface area contributed by atoms with Crippen molar-refractivity contribution < 1.29 is 19.5 Å². The summed E-state index contributed by atoms with van der Waals surface area (Å²) < 4.78 is 1.13. The summed E-state index contributed by atoms with van der Waals surface area (Å²) in [5.74, 6) is -0.228. The van der Waals surface area contributed by atoms with Crippen LogP contribution in [0.5, 0.6) is 0 Å². The number of amides is 1. The van der Waals surface area contributed by atoms with Gasteiger partial charge in [-0.3, -0.25) is 14.7 Å². The Morgan fingerprint density at radius 1 is 1.19 bits per heavy atom. The zero-order chi connectivity index (χ0) is 19.1. The lowest BCUT2D eigenvalue weighted by atomic mass is 10.1.